The van der Waals surface area contributed by atoms with Crippen molar-refractivity contribution in [3.63, 3.8) is 0 Å². The van der Waals surface area contributed by atoms with Gasteiger partial charge in [0.25, 0.3) is 15.9 Å². The fourth-order valence-corrected chi connectivity index (χ4v) is 7.73. The monoisotopic (exact) mass is 773 g/mol. The molecule has 2 aliphatic rings. The molecule has 1 aliphatic carbocycles. The number of amides is 1. The summed E-state index contributed by atoms with van der Waals surface area (Å²) in [6.07, 6.45) is 2.20. The first-order valence-corrected chi connectivity index (χ1v) is 18.5. The van der Waals surface area contributed by atoms with Crippen molar-refractivity contribution in [2.45, 2.75) is 81.8 Å². The standard InChI is InChI=1S/C32H39F3IN5O4S/c1-3-23-21-30(2,14-7-8-18-36)40(22-23)28-25(29(42)39-46(43,44)24-9-5-4-6-10-24)11-12-26(37-28)41-19-13-27(38-41)45-20-17-31(15-16-31)32(33,34)35/h4-6,9-13,19,23H,3,7-8,14-18,20-22H2,1-2H3,(H,39,42)/t23-,30?/m0/s1. The average Bonchev–Trinajstić information content (AvgIpc) is 3.55. The predicted octanol–water partition coefficient (Wildman–Crippen LogP) is 7.10. The lowest BCUT2D eigenvalue weighted by Crippen LogP contribution is -2.43. The van der Waals surface area contributed by atoms with E-state index in [0.717, 1.165) is 36.5 Å². The Morgan fingerprint density at radius 1 is 1.11 bits per heavy atom. The van der Waals surface area contributed by atoms with Crippen LogP contribution in [0.5, 0.6) is 5.88 Å². The van der Waals surface area contributed by atoms with Gasteiger partial charge in [-0.15, -0.1) is 5.10 Å². The number of hydrogen-bond acceptors (Lipinski definition) is 7. The summed E-state index contributed by atoms with van der Waals surface area (Å²) >= 11 is 2.36. The Bertz CT molecular complexity index is 1630. The smallest absolute Gasteiger partial charge is 0.394 e. The molecular weight excluding hydrogens is 734 g/mol. The molecule has 1 saturated heterocycles. The summed E-state index contributed by atoms with van der Waals surface area (Å²) in [5.41, 5.74) is -1.86. The second-order valence-corrected chi connectivity index (χ2v) is 15.3. The third kappa shape index (κ3) is 7.47. The lowest BCUT2D eigenvalue weighted by molar-refractivity contribution is -0.190. The molecule has 0 bridgehead atoms. The third-order valence-corrected chi connectivity index (χ3v) is 11.3. The van der Waals surface area contributed by atoms with Gasteiger partial charge in [-0.25, -0.2) is 22.8 Å². The molecule has 2 atom stereocenters. The lowest BCUT2D eigenvalue weighted by Gasteiger charge is -2.37. The zero-order chi connectivity index (χ0) is 33.2. The molecular formula is C32H39F3IN5O4S. The van der Waals surface area contributed by atoms with Crippen LogP contribution >= 0.6 is 22.6 Å². The Balaban J connectivity index is 1.45. The third-order valence-electron chi connectivity index (χ3n) is 9.22. The maximum atomic E-state index is 13.7. The highest BCUT2D eigenvalue weighted by Crippen LogP contribution is 2.59. The number of sulfonamides is 1. The number of hydrogen-bond donors (Lipinski definition) is 1. The van der Waals surface area contributed by atoms with Crippen LogP contribution in [0.4, 0.5) is 19.0 Å². The van der Waals surface area contributed by atoms with Crippen LogP contribution in [0.2, 0.25) is 0 Å². The van der Waals surface area contributed by atoms with Crippen LogP contribution in [-0.2, 0) is 10.0 Å². The predicted molar refractivity (Wildman–Crippen MR) is 177 cm³/mol. The van der Waals surface area contributed by atoms with Gasteiger partial charge in [-0.1, -0.05) is 60.6 Å². The van der Waals surface area contributed by atoms with E-state index in [9.17, 15) is 26.4 Å². The summed E-state index contributed by atoms with van der Waals surface area (Å²) in [6, 6.07) is 12.3. The lowest BCUT2D eigenvalue weighted by atomic mass is 9.88. The number of unbranched alkanes of at least 4 members (excludes halogenated alkanes) is 1. The van der Waals surface area contributed by atoms with Crippen LogP contribution in [0, 0.1) is 11.3 Å². The van der Waals surface area contributed by atoms with Gasteiger partial charge >= 0.3 is 6.18 Å². The van der Waals surface area contributed by atoms with Crippen LogP contribution in [0.3, 0.4) is 0 Å². The molecule has 1 saturated carbocycles. The molecule has 0 radical (unpaired) electrons. The molecule has 2 fully saturated rings. The maximum Gasteiger partial charge on any atom is 0.394 e. The first-order valence-electron chi connectivity index (χ1n) is 15.5. The van der Waals surface area contributed by atoms with Gasteiger partial charge in [0.2, 0.25) is 5.88 Å². The number of alkyl halides is 4. The molecule has 14 heteroatoms. The minimum absolute atomic E-state index is 0.0303. The largest absolute Gasteiger partial charge is 0.477 e. The molecule has 250 valence electrons. The van der Waals surface area contributed by atoms with Crippen molar-refractivity contribution in [2.75, 3.05) is 22.5 Å². The molecule has 3 heterocycles. The number of ether oxygens (including phenoxy) is 1. The first kappa shape index (κ1) is 34.5. The summed E-state index contributed by atoms with van der Waals surface area (Å²) in [4.78, 5) is 20.7. The van der Waals surface area contributed by atoms with Crippen molar-refractivity contribution in [3.05, 3.63) is 60.3 Å². The van der Waals surface area contributed by atoms with Gasteiger partial charge < -0.3 is 9.64 Å². The van der Waals surface area contributed by atoms with Crippen LogP contribution in [-0.4, -0.2) is 58.4 Å². The molecule has 2 aromatic heterocycles. The first-order chi connectivity index (χ1) is 21.8. The van der Waals surface area contributed by atoms with E-state index in [-0.39, 0.29) is 47.7 Å². The summed E-state index contributed by atoms with van der Waals surface area (Å²) in [5.74, 6) is 0.430. The summed E-state index contributed by atoms with van der Waals surface area (Å²) in [6.45, 7) is 4.83. The minimum Gasteiger partial charge on any atom is -0.477 e. The molecule has 1 amide bonds. The fourth-order valence-electron chi connectivity index (χ4n) is 6.20. The second-order valence-electron chi connectivity index (χ2n) is 12.5. The number of halogens is 4. The van der Waals surface area contributed by atoms with Crippen LogP contribution in [0.1, 0.15) is 75.6 Å². The molecule has 9 nitrogen and oxygen atoms in total. The Labute approximate surface area is 281 Å². The second kappa shape index (κ2) is 13.7. The van der Waals surface area contributed by atoms with Crippen molar-refractivity contribution in [2.24, 2.45) is 11.3 Å². The van der Waals surface area contributed by atoms with Gasteiger partial charge in [0.1, 0.15) is 5.82 Å². The zero-order valence-corrected chi connectivity index (χ0v) is 28.9. The van der Waals surface area contributed by atoms with Crippen molar-refractivity contribution >= 4 is 44.3 Å². The average molecular weight is 774 g/mol. The Morgan fingerprint density at radius 3 is 2.50 bits per heavy atom. The number of anilines is 1. The summed E-state index contributed by atoms with van der Waals surface area (Å²) in [7, 11) is -4.14. The zero-order valence-electron chi connectivity index (χ0n) is 25.9. The van der Waals surface area contributed by atoms with Crippen molar-refractivity contribution in [1.82, 2.24) is 19.5 Å². The molecule has 1 unspecified atom stereocenters. The van der Waals surface area contributed by atoms with E-state index in [4.69, 9.17) is 9.72 Å². The fraction of sp³-hybridized carbons (Fsp3) is 0.531. The number of carbonyl (C=O) groups is 1. The highest BCUT2D eigenvalue weighted by molar-refractivity contribution is 14.1. The molecule has 1 aromatic carbocycles. The Morgan fingerprint density at radius 2 is 1.85 bits per heavy atom. The van der Waals surface area contributed by atoms with Crippen molar-refractivity contribution in [1.29, 1.82) is 0 Å². The topological polar surface area (TPSA) is 106 Å². The van der Waals surface area contributed by atoms with Crippen molar-refractivity contribution < 1.29 is 31.1 Å². The van der Waals surface area contributed by atoms with Gasteiger partial charge in [0.15, 0.2) is 5.82 Å². The minimum atomic E-state index is -4.25. The number of aromatic nitrogens is 3. The Kier molecular flexibility index (Phi) is 10.3. The Hall–Kier alpha value is -2.88. The van der Waals surface area contributed by atoms with Gasteiger partial charge in [-0.2, -0.15) is 13.2 Å². The number of rotatable bonds is 14. The maximum absolute atomic E-state index is 13.7. The van der Waals surface area contributed by atoms with Crippen LogP contribution < -0.4 is 14.4 Å². The van der Waals surface area contributed by atoms with E-state index in [2.05, 4.69) is 51.2 Å². The molecule has 1 N–H and O–H groups in total. The molecule has 3 aromatic rings. The number of nitrogens with zero attached hydrogens (tertiary/aromatic N) is 4. The van der Waals surface area contributed by atoms with Crippen molar-refractivity contribution in [3.8, 4) is 11.7 Å². The highest BCUT2D eigenvalue weighted by atomic mass is 127. The molecule has 0 spiro atoms. The SMILES string of the molecule is CC[C@@H]1CN(c2nc(-n3ccc(OCCC4(C(F)(F)F)CC4)n3)ccc2C(=O)NS(=O)(=O)c2ccccc2)C(C)(CCCCI)C1. The van der Waals surface area contributed by atoms with E-state index in [1.165, 1.54) is 16.8 Å². The van der Waals surface area contributed by atoms with Crippen LogP contribution in [0.15, 0.2) is 59.6 Å². The van der Waals surface area contributed by atoms with E-state index < -0.39 is 27.5 Å². The molecule has 46 heavy (non-hydrogen) atoms. The van der Waals surface area contributed by atoms with Gasteiger partial charge in [0.05, 0.1) is 22.5 Å². The summed E-state index contributed by atoms with van der Waals surface area (Å²) < 4.78 is 76.4. The number of pyridine rings is 1. The van der Waals surface area contributed by atoms with E-state index in [0.29, 0.717) is 24.1 Å². The number of carbonyl (C=O) groups excluding carboxylic acids is 1. The van der Waals surface area contributed by atoms with E-state index in [1.54, 1.807) is 42.6 Å². The molecule has 5 rings (SSSR count). The quantitative estimate of drug-likeness (QED) is 0.106. The van der Waals surface area contributed by atoms with Gasteiger partial charge in [0, 0.05) is 24.3 Å². The number of nitrogens with one attached hydrogen (secondary N) is 1. The van der Waals surface area contributed by atoms with Gasteiger partial charge in [-0.05, 0) is 80.1 Å². The summed E-state index contributed by atoms with van der Waals surface area (Å²) in [5, 5.41) is 4.39. The molecule has 1 aliphatic heterocycles. The highest BCUT2D eigenvalue weighted by Gasteiger charge is 2.62. The van der Waals surface area contributed by atoms with E-state index in [1.807, 2.05) is 0 Å². The van der Waals surface area contributed by atoms with E-state index >= 15 is 0 Å². The van der Waals surface area contributed by atoms with Gasteiger partial charge in [-0.3, -0.25) is 4.79 Å². The van der Waals surface area contributed by atoms with Crippen LogP contribution in [0.25, 0.3) is 5.82 Å². The normalized spacial score (nSPS) is 20.9. The number of benzene rings is 1.